The van der Waals surface area contributed by atoms with Gasteiger partial charge in [-0.2, -0.15) is 0 Å². The molecule has 0 atom stereocenters. The molecule has 8 aromatic rings. The van der Waals surface area contributed by atoms with E-state index in [4.69, 9.17) is 0 Å². The number of para-hydroxylation sites is 3. The van der Waals surface area contributed by atoms with E-state index in [0.717, 1.165) is 10.2 Å². The van der Waals surface area contributed by atoms with Gasteiger partial charge < -0.3 is 9.13 Å². The first kappa shape index (κ1) is 22.4. The molecule has 3 heteroatoms. The lowest BCUT2D eigenvalue weighted by atomic mass is 10.0. The summed E-state index contributed by atoms with van der Waals surface area (Å²) in [5, 5.41) is 5.01. The summed E-state index contributed by atoms with van der Waals surface area (Å²) in [6.07, 6.45) is 0. The first-order valence-corrected chi connectivity index (χ1v) is 13.9. The Bertz CT molecular complexity index is 2170. The lowest BCUT2D eigenvalue weighted by molar-refractivity contribution is 1.18. The molecule has 0 fully saturated rings. The number of benzene rings is 6. The van der Waals surface area contributed by atoms with Crippen molar-refractivity contribution in [1.82, 2.24) is 9.13 Å². The Morgan fingerprint density at radius 1 is 0.385 bits per heavy atom. The van der Waals surface area contributed by atoms with Crippen molar-refractivity contribution in [2.24, 2.45) is 0 Å². The van der Waals surface area contributed by atoms with Gasteiger partial charge in [0.1, 0.15) is 0 Å². The van der Waals surface area contributed by atoms with E-state index in [1.807, 2.05) is 0 Å². The van der Waals surface area contributed by atoms with Crippen molar-refractivity contribution in [2.45, 2.75) is 0 Å². The lowest BCUT2D eigenvalue weighted by Crippen LogP contribution is -1.93. The van der Waals surface area contributed by atoms with Gasteiger partial charge in [0.25, 0.3) is 0 Å². The molecule has 0 aliphatic rings. The topological polar surface area (TPSA) is 9.86 Å². The quantitative estimate of drug-likeness (QED) is 0.202. The number of aromatic nitrogens is 2. The monoisotopic (exact) mass is 562 g/mol. The number of nitrogens with zero attached hydrogens (tertiary/aromatic N) is 2. The second-order valence-corrected chi connectivity index (χ2v) is 10.8. The third-order valence-electron chi connectivity index (χ3n) is 7.78. The van der Waals surface area contributed by atoms with Crippen molar-refractivity contribution in [3.63, 3.8) is 0 Å². The minimum absolute atomic E-state index is 1.11. The minimum atomic E-state index is 1.11. The molecule has 2 aromatic heterocycles. The van der Waals surface area contributed by atoms with Crippen molar-refractivity contribution in [3.05, 3.63) is 144 Å². The van der Waals surface area contributed by atoms with Crippen LogP contribution in [0.4, 0.5) is 0 Å². The van der Waals surface area contributed by atoms with Crippen molar-refractivity contribution >= 4 is 59.5 Å². The summed E-state index contributed by atoms with van der Waals surface area (Å²) >= 11 is 3.86. The third-order valence-corrected chi connectivity index (χ3v) is 8.44. The summed E-state index contributed by atoms with van der Waals surface area (Å²) in [5.41, 5.74) is 9.58. The molecule has 8 rings (SSSR count). The van der Waals surface area contributed by atoms with Gasteiger partial charge in [-0.15, -0.1) is 0 Å². The summed E-state index contributed by atoms with van der Waals surface area (Å²) in [4.78, 5) is 0. The average molecular weight is 563 g/mol. The van der Waals surface area contributed by atoms with Gasteiger partial charge in [-0.25, -0.2) is 0 Å². The summed E-state index contributed by atoms with van der Waals surface area (Å²) in [7, 11) is 0. The van der Waals surface area contributed by atoms with Gasteiger partial charge in [0.2, 0.25) is 0 Å². The Balaban J connectivity index is 1.40. The normalized spacial score (nSPS) is 11.7. The first-order chi connectivity index (χ1) is 19.3. The number of rotatable bonds is 3. The zero-order valence-corrected chi connectivity index (χ0v) is 22.6. The molecule has 0 N–H and O–H groups in total. The Labute approximate surface area is 234 Å². The Kier molecular flexibility index (Phi) is 5.01. The fourth-order valence-electron chi connectivity index (χ4n) is 6.07. The van der Waals surface area contributed by atoms with Gasteiger partial charge in [0.15, 0.2) is 0 Å². The Morgan fingerprint density at radius 3 is 1.72 bits per heavy atom. The maximum atomic E-state index is 3.86. The van der Waals surface area contributed by atoms with Crippen LogP contribution in [0.3, 0.4) is 0 Å². The van der Waals surface area contributed by atoms with Gasteiger partial charge in [-0.3, -0.25) is 0 Å². The third kappa shape index (κ3) is 3.40. The van der Waals surface area contributed by atoms with Crippen molar-refractivity contribution in [2.75, 3.05) is 0 Å². The molecule has 2 heterocycles. The average Bonchev–Trinajstić information content (AvgIpc) is 3.51. The number of hydrogen-bond acceptors (Lipinski definition) is 0. The highest BCUT2D eigenvalue weighted by Gasteiger charge is 2.17. The molecule has 0 amide bonds. The van der Waals surface area contributed by atoms with Crippen molar-refractivity contribution < 1.29 is 0 Å². The fourth-order valence-corrected chi connectivity index (χ4v) is 6.64. The fraction of sp³-hybridized carbons (Fsp3) is 0. The summed E-state index contributed by atoms with van der Waals surface area (Å²) in [6, 6.07) is 50.1. The molecule has 2 nitrogen and oxygen atoms in total. The van der Waals surface area contributed by atoms with Gasteiger partial charge in [0.05, 0.1) is 22.1 Å². The van der Waals surface area contributed by atoms with Crippen LogP contribution in [0.5, 0.6) is 0 Å². The van der Waals surface area contributed by atoms with E-state index in [9.17, 15) is 0 Å². The smallest absolute Gasteiger partial charge is 0.0552 e. The second-order valence-electron chi connectivity index (χ2n) is 9.96. The van der Waals surface area contributed by atoms with E-state index in [2.05, 4.69) is 165 Å². The highest BCUT2D eigenvalue weighted by atomic mass is 79.9. The zero-order chi connectivity index (χ0) is 25.9. The van der Waals surface area contributed by atoms with Crippen LogP contribution in [-0.4, -0.2) is 9.13 Å². The molecule has 0 radical (unpaired) electrons. The van der Waals surface area contributed by atoms with Crippen LogP contribution < -0.4 is 0 Å². The van der Waals surface area contributed by atoms with Gasteiger partial charge >= 0.3 is 0 Å². The van der Waals surface area contributed by atoms with Crippen LogP contribution in [0, 0.1) is 0 Å². The highest BCUT2D eigenvalue weighted by Crippen LogP contribution is 2.40. The standard InChI is InChI=1S/C36H23BrN2/c37-31-15-9-17-34-36(31)30-22-24(19-21-33(30)38(34)26-10-3-1-4-11-26)25-18-20-29-28-14-7-8-16-32(28)39(35(29)23-25)27-12-5-2-6-13-27/h1-23H. The highest BCUT2D eigenvalue weighted by molar-refractivity contribution is 9.10. The van der Waals surface area contributed by atoms with Gasteiger partial charge in [0, 0.05) is 37.4 Å². The van der Waals surface area contributed by atoms with E-state index in [1.54, 1.807) is 0 Å². The molecule has 0 bridgehead atoms. The molecular weight excluding hydrogens is 540 g/mol. The lowest BCUT2D eigenvalue weighted by Gasteiger charge is -2.10. The number of hydrogen-bond donors (Lipinski definition) is 0. The maximum absolute atomic E-state index is 3.86. The van der Waals surface area contributed by atoms with Crippen molar-refractivity contribution in [1.29, 1.82) is 0 Å². The molecule has 0 saturated carbocycles. The molecule has 39 heavy (non-hydrogen) atoms. The molecule has 0 unspecified atom stereocenters. The Hall–Kier alpha value is -4.60. The van der Waals surface area contributed by atoms with Crippen LogP contribution >= 0.6 is 15.9 Å². The van der Waals surface area contributed by atoms with Crippen molar-refractivity contribution in [3.8, 4) is 22.5 Å². The molecule has 184 valence electrons. The molecule has 0 aliphatic carbocycles. The van der Waals surface area contributed by atoms with E-state index in [0.29, 0.717) is 0 Å². The summed E-state index contributed by atoms with van der Waals surface area (Å²) in [5.74, 6) is 0. The molecule has 6 aromatic carbocycles. The van der Waals surface area contributed by atoms with E-state index in [1.165, 1.54) is 60.4 Å². The number of fused-ring (bicyclic) bond motifs is 6. The number of halogens is 1. The van der Waals surface area contributed by atoms with Crippen LogP contribution in [0.15, 0.2) is 144 Å². The second kappa shape index (κ2) is 8.72. The van der Waals surface area contributed by atoms with Crippen LogP contribution in [-0.2, 0) is 0 Å². The summed E-state index contributed by atoms with van der Waals surface area (Å²) < 4.78 is 5.84. The molecular formula is C36H23BrN2. The minimum Gasteiger partial charge on any atom is -0.309 e. The van der Waals surface area contributed by atoms with Gasteiger partial charge in [-0.05, 0) is 71.8 Å². The zero-order valence-electron chi connectivity index (χ0n) is 21.1. The SMILES string of the molecule is Brc1cccc2c1c1cc(-c3ccc4c5ccccc5n(-c5ccccc5)c4c3)ccc1n2-c1ccccc1. The molecule has 0 spiro atoms. The van der Waals surface area contributed by atoms with Crippen LogP contribution in [0.25, 0.3) is 66.1 Å². The summed E-state index contributed by atoms with van der Waals surface area (Å²) in [6.45, 7) is 0. The van der Waals surface area contributed by atoms with Gasteiger partial charge in [-0.1, -0.05) is 94.8 Å². The maximum Gasteiger partial charge on any atom is 0.0552 e. The van der Waals surface area contributed by atoms with Crippen LogP contribution in [0.2, 0.25) is 0 Å². The largest absolute Gasteiger partial charge is 0.309 e. The predicted molar refractivity (Wildman–Crippen MR) is 168 cm³/mol. The molecule has 0 saturated heterocycles. The van der Waals surface area contributed by atoms with E-state index >= 15 is 0 Å². The van der Waals surface area contributed by atoms with Crippen LogP contribution in [0.1, 0.15) is 0 Å². The predicted octanol–water partition coefficient (Wildman–Crippen LogP) is 10.3. The van der Waals surface area contributed by atoms with E-state index < -0.39 is 0 Å². The molecule has 0 aliphatic heterocycles. The first-order valence-electron chi connectivity index (χ1n) is 13.1. The van der Waals surface area contributed by atoms with E-state index in [-0.39, 0.29) is 0 Å². The Morgan fingerprint density at radius 2 is 0.949 bits per heavy atom.